The molecule has 0 saturated heterocycles. The maximum atomic E-state index is 12.4. The summed E-state index contributed by atoms with van der Waals surface area (Å²) in [7, 11) is 0. The molecule has 0 bridgehead atoms. The van der Waals surface area contributed by atoms with E-state index < -0.39 is 29.3 Å². The van der Waals surface area contributed by atoms with Crippen LogP contribution in [0.1, 0.15) is 45.6 Å². The Kier molecular flexibility index (Phi) is 7.18. The molecule has 1 fully saturated rings. The van der Waals surface area contributed by atoms with Crippen LogP contribution in [-0.2, 0) is 25.7 Å². The quantitative estimate of drug-likeness (QED) is 0.274. The van der Waals surface area contributed by atoms with E-state index in [2.05, 4.69) is 10.8 Å². The van der Waals surface area contributed by atoms with Crippen molar-refractivity contribution in [2.45, 2.75) is 63.9 Å². The van der Waals surface area contributed by atoms with Gasteiger partial charge in [-0.25, -0.2) is 9.59 Å². The van der Waals surface area contributed by atoms with Crippen molar-refractivity contribution < 1.29 is 29.0 Å². The van der Waals surface area contributed by atoms with Crippen molar-refractivity contribution in [3.63, 3.8) is 0 Å². The van der Waals surface area contributed by atoms with Crippen LogP contribution in [0, 0.1) is 0 Å². The SMILES string of the molecule is CC(C)(C)OC(=O)NC(C(=O)OCNOCc1ccccc1)C1(O)CCC1. The van der Waals surface area contributed by atoms with Gasteiger partial charge in [-0.15, -0.1) is 0 Å². The van der Waals surface area contributed by atoms with E-state index in [-0.39, 0.29) is 6.73 Å². The van der Waals surface area contributed by atoms with Gasteiger partial charge in [-0.1, -0.05) is 30.3 Å². The molecular weight excluding hydrogens is 352 g/mol. The van der Waals surface area contributed by atoms with Gasteiger partial charge in [-0.2, -0.15) is 5.48 Å². The molecule has 1 atom stereocenters. The van der Waals surface area contributed by atoms with Gasteiger partial charge in [0.15, 0.2) is 12.8 Å². The normalized spacial score (nSPS) is 16.7. The highest BCUT2D eigenvalue weighted by atomic mass is 16.7. The Morgan fingerprint density at radius 3 is 2.44 bits per heavy atom. The molecule has 0 heterocycles. The van der Waals surface area contributed by atoms with Gasteiger partial charge >= 0.3 is 12.1 Å². The number of aliphatic hydroxyl groups is 1. The highest BCUT2D eigenvalue weighted by Crippen LogP contribution is 2.35. The maximum absolute atomic E-state index is 12.4. The molecule has 8 heteroatoms. The smallest absolute Gasteiger partial charge is 0.408 e. The summed E-state index contributed by atoms with van der Waals surface area (Å²) in [6, 6.07) is 8.30. The van der Waals surface area contributed by atoms with E-state index in [0.29, 0.717) is 19.4 Å². The maximum Gasteiger partial charge on any atom is 0.408 e. The van der Waals surface area contributed by atoms with E-state index in [1.165, 1.54) is 0 Å². The fourth-order valence-electron chi connectivity index (χ4n) is 2.60. The van der Waals surface area contributed by atoms with Crippen LogP contribution in [0.15, 0.2) is 30.3 Å². The molecule has 2 rings (SSSR count). The van der Waals surface area contributed by atoms with Gasteiger partial charge in [0, 0.05) is 0 Å². The number of hydroxylamine groups is 1. The fraction of sp³-hybridized carbons (Fsp3) is 0.579. The number of rotatable bonds is 8. The third-order valence-corrected chi connectivity index (χ3v) is 4.11. The lowest BCUT2D eigenvalue weighted by Gasteiger charge is -2.41. The first-order valence-corrected chi connectivity index (χ1v) is 8.97. The van der Waals surface area contributed by atoms with E-state index in [4.69, 9.17) is 14.3 Å². The summed E-state index contributed by atoms with van der Waals surface area (Å²) in [4.78, 5) is 29.6. The van der Waals surface area contributed by atoms with E-state index in [9.17, 15) is 14.7 Å². The van der Waals surface area contributed by atoms with Crippen LogP contribution in [-0.4, -0.2) is 41.1 Å². The molecule has 1 saturated carbocycles. The summed E-state index contributed by atoms with van der Waals surface area (Å²) in [6.07, 6.45) is 0.800. The molecule has 1 amide bonds. The zero-order valence-corrected chi connectivity index (χ0v) is 16.0. The molecule has 1 aliphatic rings. The third-order valence-electron chi connectivity index (χ3n) is 4.11. The Morgan fingerprint density at radius 1 is 1.22 bits per heavy atom. The molecule has 3 N–H and O–H groups in total. The molecule has 1 aliphatic carbocycles. The van der Waals surface area contributed by atoms with Gasteiger partial charge < -0.3 is 19.9 Å². The number of nitrogens with one attached hydrogen (secondary N) is 2. The standard InChI is InChI=1S/C19H28N2O6/c1-18(2,3)27-17(23)21-15(19(24)10-7-11-19)16(22)25-13-20-26-12-14-8-5-4-6-9-14/h4-6,8-9,15,20,24H,7,10-13H2,1-3H3,(H,21,23). The van der Waals surface area contributed by atoms with Crippen molar-refractivity contribution in [1.29, 1.82) is 0 Å². The van der Waals surface area contributed by atoms with Crippen molar-refractivity contribution in [2.24, 2.45) is 0 Å². The van der Waals surface area contributed by atoms with Crippen LogP contribution in [0.3, 0.4) is 0 Å². The summed E-state index contributed by atoms with van der Waals surface area (Å²) < 4.78 is 10.3. The van der Waals surface area contributed by atoms with E-state index in [1.54, 1.807) is 20.8 Å². The van der Waals surface area contributed by atoms with Crippen LogP contribution in [0.5, 0.6) is 0 Å². The predicted octanol–water partition coefficient (Wildman–Crippen LogP) is 2.02. The first-order valence-electron chi connectivity index (χ1n) is 8.97. The van der Waals surface area contributed by atoms with Gasteiger partial charge in [0.2, 0.25) is 0 Å². The van der Waals surface area contributed by atoms with Gasteiger partial charge in [-0.05, 0) is 45.6 Å². The summed E-state index contributed by atoms with van der Waals surface area (Å²) in [5.41, 5.74) is 1.46. The number of alkyl carbamates (subject to hydrolysis) is 1. The van der Waals surface area contributed by atoms with Crippen LogP contribution in [0.4, 0.5) is 4.79 Å². The topological polar surface area (TPSA) is 106 Å². The number of ether oxygens (including phenoxy) is 2. The second kappa shape index (κ2) is 9.16. The van der Waals surface area contributed by atoms with Crippen molar-refractivity contribution in [2.75, 3.05) is 6.73 Å². The van der Waals surface area contributed by atoms with Gasteiger partial charge in [0.05, 0.1) is 12.2 Å². The minimum Gasteiger partial charge on any atom is -0.446 e. The number of esters is 1. The number of hydrogen-bond donors (Lipinski definition) is 3. The fourth-order valence-corrected chi connectivity index (χ4v) is 2.60. The minimum absolute atomic E-state index is 0.214. The predicted molar refractivity (Wildman–Crippen MR) is 97.3 cm³/mol. The highest BCUT2D eigenvalue weighted by Gasteiger charge is 2.48. The monoisotopic (exact) mass is 380 g/mol. The van der Waals surface area contributed by atoms with E-state index in [0.717, 1.165) is 12.0 Å². The van der Waals surface area contributed by atoms with Crippen LogP contribution < -0.4 is 10.8 Å². The second-order valence-corrected chi connectivity index (χ2v) is 7.56. The number of amides is 1. The van der Waals surface area contributed by atoms with Crippen LogP contribution >= 0.6 is 0 Å². The molecule has 0 spiro atoms. The second-order valence-electron chi connectivity index (χ2n) is 7.56. The van der Waals surface area contributed by atoms with Crippen LogP contribution in [0.2, 0.25) is 0 Å². The zero-order valence-electron chi connectivity index (χ0n) is 16.0. The minimum atomic E-state index is -1.32. The zero-order chi connectivity index (χ0) is 19.9. The molecule has 1 unspecified atom stereocenters. The molecule has 0 radical (unpaired) electrons. The molecule has 150 valence electrons. The average Bonchev–Trinajstić information content (AvgIpc) is 2.56. The third kappa shape index (κ3) is 6.82. The number of carbonyl (C=O) groups is 2. The largest absolute Gasteiger partial charge is 0.446 e. The number of carbonyl (C=O) groups excluding carboxylic acids is 2. The lowest BCUT2D eigenvalue weighted by atomic mass is 9.74. The van der Waals surface area contributed by atoms with Crippen molar-refractivity contribution in [1.82, 2.24) is 10.8 Å². The Bertz CT molecular complexity index is 625. The lowest BCUT2D eigenvalue weighted by molar-refractivity contribution is -0.165. The molecule has 27 heavy (non-hydrogen) atoms. The summed E-state index contributed by atoms with van der Waals surface area (Å²) in [5, 5.41) is 12.9. The summed E-state index contributed by atoms with van der Waals surface area (Å²) in [5.74, 6) is -0.751. The molecule has 0 aliphatic heterocycles. The molecular formula is C19H28N2O6. The summed E-state index contributed by atoms with van der Waals surface area (Å²) in [6.45, 7) is 5.24. The first kappa shape index (κ1) is 21.1. The lowest BCUT2D eigenvalue weighted by Crippen LogP contribution is -2.61. The number of benzene rings is 1. The summed E-state index contributed by atoms with van der Waals surface area (Å²) >= 11 is 0. The van der Waals surface area contributed by atoms with Crippen molar-refractivity contribution >= 4 is 12.1 Å². The Balaban J connectivity index is 1.80. The van der Waals surface area contributed by atoms with Crippen molar-refractivity contribution in [3.05, 3.63) is 35.9 Å². The van der Waals surface area contributed by atoms with Crippen LogP contribution in [0.25, 0.3) is 0 Å². The molecule has 1 aromatic rings. The number of hydrogen-bond acceptors (Lipinski definition) is 7. The van der Waals surface area contributed by atoms with Gasteiger partial charge in [-0.3, -0.25) is 4.84 Å². The highest BCUT2D eigenvalue weighted by molar-refractivity contribution is 5.83. The van der Waals surface area contributed by atoms with Gasteiger partial charge in [0.25, 0.3) is 0 Å². The van der Waals surface area contributed by atoms with Gasteiger partial charge in [0.1, 0.15) is 5.60 Å². The first-order chi connectivity index (χ1) is 12.7. The average molecular weight is 380 g/mol. The van der Waals surface area contributed by atoms with E-state index >= 15 is 0 Å². The Hall–Kier alpha value is -2.16. The Morgan fingerprint density at radius 2 is 1.89 bits per heavy atom. The molecule has 8 nitrogen and oxygen atoms in total. The Labute approximate surface area is 159 Å². The van der Waals surface area contributed by atoms with Crippen molar-refractivity contribution in [3.8, 4) is 0 Å². The molecule has 0 aromatic heterocycles. The van der Waals surface area contributed by atoms with E-state index in [1.807, 2.05) is 30.3 Å². The molecule has 1 aromatic carbocycles.